The molecule has 0 unspecified atom stereocenters. The van der Waals surface area contributed by atoms with Gasteiger partial charge in [0.25, 0.3) is 0 Å². The second-order valence-electron chi connectivity index (χ2n) is 9.27. The normalized spacial score (nSPS) is 11.6. The van der Waals surface area contributed by atoms with Crippen molar-refractivity contribution >= 4 is 63.5 Å². The number of para-hydroxylation sites is 2. The van der Waals surface area contributed by atoms with E-state index in [-0.39, 0.29) is 0 Å². The summed E-state index contributed by atoms with van der Waals surface area (Å²) in [5, 5.41) is 0. The summed E-state index contributed by atoms with van der Waals surface area (Å²) in [7, 11) is 0. The third kappa shape index (κ3) is 3.45. The molecule has 0 aliphatic heterocycles. The van der Waals surface area contributed by atoms with Crippen molar-refractivity contribution in [2.75, 3.05) is 0 Å². The van der Waals surface area contributed by atoms with Gasteiger partial charge < -0.3 is 9.13 Å². The molecule has 2 aromatic heterocycles. The maximum atomic E-state index is 2.41. The van der Waals surface area contributed by atoms with Crippen LogP contribution in [0.25, 0.3) is 52.2 Å². The van der Waals surface area contributed by atoms with Gasteiger partial charge in [0.15, 0.2) is 0 Å². The highest BCUT2D eigenvalue weighted by Gasteiger charge is 2.14. The van der Waals surface area contributed by atoms with Crippen molar-refractivity contribution in [3.05, 3.63) is 120 Å². The highest BCUT2D eigenvalue weighted by molar-refractivity contribution is 7.25. The first-order chi connectivity index (χ1) is 17.7. The van der Waals surface area contributed by atoms with Crippen LogP contribution in [0.2, 0.25) is 0 Å². The van der Waals surface area contributed by atoms with Gasteiger partial charge in [-0.2, -0.15) is 0 Å². The molecule has 0 bridgehead atoms. The minimum atomic E-state index is 1.19. The van der Waals surface area contributed by atoms with Crippen molar-refractivity contribution in [3.63, 3.8) is 0 Å². The molecule has 2 heterocycles. The van der Waals surface area contributed by atoms with Crippen molar-refractivity contribution < 1.29 is 0 Å². The molecule has 7 rings (SSSR count). The number of hydrogen-bond donors (Lipinski definition) is 0. The van der Waals surface area contributed by atoms with Gasteiger partial charge in [0.1, 0.15) is 0 Å². The first kappa shape index (κ1) is 21.4. The van der Waals surface area contributed by atoms with E-state index < -0.39 is 0 Å². The molecule has 0 spiro atoms. The van der Waals surface area contributed by atoms with Crippen LogP contribution in [0.5, 0.6) is 0 Å². The number of fused-ring (bicyclic) bond motifs is 4. The van der Waals surface area contributed by atoms with E-state index in [1.807, 2.05) is 22.7 Å². The third-order valence-electron chi connectivity index (χ3n) is 6.76. The summed E-state index contributed by atoms with van der Waals surface area (Å²) in [5.41, 5.74) is 9.84. The van der Waals surface area contributed by atoms with Crippen LogP contribution in [0.1, 0.15) is 11.1 Å². The second kappa shape index (κ2) is 8.37. The number of aromatic nitrogens is 2. The van der Waals surface area contributed by atoms with Crippen molar-refractivity contribution in [2.24, 2.45) is 0 Å². The Morgan fingerprint density at radius 2 is 0.806 bits per heavy atom. The van der Waals surface area contributed by atoms with E-state index >= 15 is 0 Å². The molecule has 0 saturated carbocycles. The van der Waals surface area contributed by atoms with Crippen LogP contribution in [0, 0.1) is 13.8 Å². The van der Waals surface area contributed by atoms with Gasteiger partial charge >= 0.3 is 0 Å². The average Bonchev–Trinajstić information content (AvgIpc) is 2.91. The van der Waals surface area contributed by atoms with Gasteiger partial charge in [0.05, 0.1) is 40.9 Å². The van der Waals surface area contributed by atoms with Crippen LogP contribution in [0.3, 0.4) is 0 Å². The monoisotopic (exact) mass is 500 g/mol. The zero-order valence-electron chi connectivity index (χ0n) is 20.1. The molecule has 7 aromatic rings. The molecule has 0 fully saturated rings. The molecule has 5 aromatic carbocycles. The fourth-order valence-electron chi connectivity index (χ4n) is 4.95. The minimum absolute atomic E-state index is 1.19. The van der Waals surface area contributed by atoms with Crippen LogP contribution >= 0.6 is 22.7 Å². The molecule has 36 heavy (non-hydrogen) atoms. The summed E-state index contributed by atoms with van der Waals surface area (Å²) in [4.78, 5) is 0. The predicted octanol–water partition coefficient (Wildman–Crippen LogP) is 9.75. The molecule has 0 amide bonds. The van der Waals surface area contributed by atoms with Crippen molar-refractivity contribution in [1.29, 1.82) is 0 Å². The van der Waals surface area contributed by atoms with Gasteiger partial charge in [-0.1, -0.05) is 59.7 Å². The Hall–Kier alpha value is -3.86. The van der Waals surface area contributed by atoms with E-state index in [4.69, 9.17) is 0 Å². The number of benzene rings is 5. The van der Waals surface area contributed by atoms with Crippen molar-refractivity contribution in [2.45, 2.75) is 13.8 Å². The van der Waals surface area contributed by atoms with Crippen LogP contribution < -0.4 is 0 Å². The van der Waals surface area contributed by atoms with Gasteiger partial charge in [-0.05, 0) is 74.5 Å². The summed E-state index contributed by atoms with van der Waals surface area (Å²) in [6.45, 7) is 4.28. The summed E-state index contributed by atoms with van der Waals surface area (Å²) in [6.07, 6.45) is 0. The topological polar surface area (TPSA) is 9.86 Å². The lowest BCUT2D eigenvalue weighted by Gasteiger charge is -2.19. The first-order valence-corrected chi connectivity index (χ1v) is 13.7. The molecule has 0 saturated heterocycles. The summed E-state index contributed by atoms with van der Waals surface area (Å²) in [5.74, 6) is 0. The van der Waals surface area contributed by atoms with Gasteiger partial charge in [0, 0.05) is 11.4 Å². The summed E-state index contributed by atoms with van der Waals surface area (Å²) in [6, 6.07) is 39.9. The fraction of sp³-hybridized carbons (Fsp3) is 0.0625. The minimum Gasteiger partial charge on any atom is -0.308 e. The van der Waals surface area contributed by atoms with E-state index in [0.717, 1.165) is 0 Å². The Kier molecular flexibility index (Phi) is 4.98. The SMILES string of the molecule is Cc1ccc(-n2c3ccccc3sc3cc4c(cc32)sc2ccccc2n4-c2ccc(C)cc2)cc1. The molecular formula is C32H24N2S2. The number of rotatable bonds is 2. The lowest BCUT2D eigenvalue weighted by molar-refractivity contribution is 1.16. The molecule has 0 radical (unpaired) electrons. The van der Waals surface area contributed by atoms with Crippen LogP contribution in [0.15, 0.2) is 109 Å². The Bertz CT molecular complexity index is 1800. The highest BCUT2D eigenvalue weighted by Crippen LogP contribution is 2.38. The molecule has 0 atom stereocenters. The fourth-order valence-corrected chi connectivity index (χ4v) is 7.09. The quantitative estimate of drug-likeness (QED) is 0.209. The molecule has 4 heteroatoms. The Morgan fingerprint density at radius 1 is 0.417 bits per heavy atom. The van der Waals surface area contributed by atoms with Gasteiger partial charge in [-0.3, -0.25) is 0 Å². The molecule has 2 nitrogen and oxygen atoms in total. The molecule has 174 valence electrons. The highest BCUT2D eigenvalue weighted by atomic mass is 32.1. The summed E-state index contributed by atoms with van der Waals surface area (Å²) < 4.78 is 9.92. The van der Waals surface area contributed by atoms with Crippen molar-refractivity contribution in [3.8, 4) is 11.4 Å². The number of aryl methyl sites for hydroxylation is 2. The van der Waals surface area contributed by atoms with Gasteiger partial charge in [-0.15, -0.1) is 22.7 Å². The molecular weight excluding hydrogens is 477 g/mol. The lowest BCUT2D eigenvalue weighted by Crippen LogP contribution is -2.02. The first-order valence-electron chi connectivity index (χ1n) is 12.1. The lowest BCUT2D eigenvalue weighted by atomic mass is 10.2. The van der Waals surface area contributed by atoms with Gasteiger partial charge in [0.2, 0.25) is 0 Å². The predicted molar refractivity (Wildman–Crippen MR) is 158 cm³/mol. The van der Waals surface area contributed by atoms with E-state index in [0.29, 0.717) is 0 Å². The van der Waals surface area contributed by atoms with E-state index in [1.165, 1.54) is 63.4 Å². The molecule has 0 aliphatic rings. The Morgan fingerprint density at radius 3 is 1.22 bits per heavy atom. The van der Waals surface area contributed by atoms with Crippen LogP contribution in [-0.4, -0.2) is 9.13 Å². The third-order valence-corrected chi connectivity index (χ3v) is 8.98. The van der Waals surface area contributed by atoms with Gasteiger partial charge in [-0.25, -0.2) is 0 Å². The van der Waals surface area contributed by atoms with E-state index in [2.05, 4.69) is 132 Å². The van der Waals surface area contributed by atoms with Crippen LogP contribution in [0.4, 0.5) is 0 Å². The Labute approximate surface area is 217 Å². The second-order valence-corrected chi connectivity index (χ2v) is 11.4. The number of nitrogens with zero attached hydrogens (tertiary/aromatic N) is 2. The van der Waals surface area contributed by atoms with E-state index in [1.54, 1.807) is 0 Å². The maximum absolute atomic E-state index is 2.41. The number of hydrogen-bond acceptors (Lipinski definition) is 2. The zero-order valence-corrected chi connectivity index (χ0v) is 21.7. The largest absolute Gasteiger partial charge is 0.308 e. The zero-order chi connectivity index (χ0) is 24.2. The molecule has 0 N–H and O–H groups in total. The summed E-state index contributed by atoms with van der Waals surface area (Å²) >= 11 is 3.72. The van der Waals surface area contributed by atoms with Crippen molar-refractivity contribution in [1.82, 2.24) is 9.13 Å². The molecule has 0 aliphatic carbocycles. The van der Waals surface area contributed by atoms with E-state index in [9.17, 15) is 0 Å². The van der Waals surface area contributed by atoms with Crippen LogP contribution in [-0.2, 0) is 0 Å². The standard InChI is InChI=1S/C32H24N2S2/c1-21-11-15-23(16-12-21)33-25-7-3-5-9-29(25)35-31-20-28-32(19-27(31)33)36-30-10-6-4-8-26(30)34(28)24-17-13-22(2)14-18-24/h3-20H,1-2H3. The smallest absolute Gasteiger partial charge is 0.0650 e. The average molecular weight is 501 g/mol. The Balaban J connectivity index is 1.65. The maximum Gasteiger partial charge on any atom is 0.0650 e.